The number of hydrogen-bond donors (Lipinski definition) is 2. The van der Waals surface area contributed by atoms with Gasteiger partial charge in [0.1, 0.15) is 5.82 Å². The van der Waals surface area contributed by atoms with Crippen molar-refractivity contribution >= 4 is 0 Å². The summed E-state index contributed by atoms with van der Waals surface area (Å²) in [5.41, 5.74) is 7.10. The van der Waals surface area contributed by atoms with Gasteiger partial charge in [0.2, 0.25) is 0 Å². The van der Waals surface area contributed by atoms with Crippen LogP contribution in [0.25, 0.3) is 0 Å². The smallest absolute Gasteiger partial charge is 0.107 e. The molecule has 0 saturated heterocycles. The molecule has 1 atom stereocenters. The van der Waals surface area contributed by atoms with Crippen molar-refractivity contribution in [3.05, 3.63) is 36.4 Å². The molecule has 0 spiro atoms. The van der Waals surface area contributed by atoms with Crippen LogP contribution in [0.1, 0.15) is 30.9 Å². The van der Waals surface area contributed by atoms with E-state index in [0.717, 1.165) is 30.9 Å². The highest BCUT2D eigenvalue weighted by atomic mass is 15.1. The van der Waals surface area contributed by atoms with Crippen molar-refractivity contribution < 1.29 is 0 Å². The van der Waals surface area contributed by atoms with E-state index in [4.69, 9.17) is 5.73 Å². The monoisotopic (exact) mass is 219 g/mol. The quantitative estimate of drug-likeness (QED) is 0.795. The van der Waals surface area contributed by atoms with E-state index in [2.05, 4.69) is 26.4 Å². The molecule has 0 fully saturated rings. The normalized spacial score (nSPS) is 12.9. The first-order valence-corrected chi connectivity index (χ1v) is 5.55. The van der Waals surface area contributed by atoms with Crippen LogP contribution in [0.2, 0.25) is 0 Å². The van der Waals surface area contributed by atoms with E-state index in [1.807, 2.05) is 18.7 Å². The molecule has 0 radical (unpaired) electrons. The van der Waals surface area contributed by atoms with Gasteiger partial charge in [-0.25, -0.2) is 9.97 Å². The Kier molecular flexibility index (Phi) is 3.36. The largest absolute Gasteiger partial charge is 0.349 e. The summed E-state index contributed by atoms with van der Waals surface area (Å²) in [6, 6.07) is 0.0686. The Labute approximate surface area is 94.7 Å². The maximum absolute atomic E-state index is 6.00. The second-order valence-corrected chi connectivity index (χ2v) is 3.81. The number of aromatic amines is 1. The van der Waals surface area contributed by atoms with Gasteiger partial charge in [0.15, 0.2) is 0 Å². The molecular formula is C11H17N5. The van der Waals surface area contributed by atoms with Crippen LogP contribution in [0.15, 0.2) is 24.9 Å². The van der Waals surface area contributed by atoms with Crippen molar-refractivity contribution in [1.29, 1.82) is 0 Å². The standard InChI is InChI=1S/C11H17N5/c1-2-9(12)10-7-13-8-16(10)6-3-11-14-4-5-15-11/h4-5,7-9H,2-3,6,12H2,1H3,(H,14,15)/t9-/m1/s1. The summed E-state index contributed by atoms with van der Waals surface area (Å²) in [5, 5.41) is 0. The number of hydrogen-bond acceptors (Lipinski definition) is 3. The van der Waals surface area contributed by atoms with E-state index in [-0.39, 0.29) is 6.04 Å². The highest BCUT2D eigenvalue weighted by Gasteiger charge is 2.09. The van der Waals surface area contributed by atoms with Gasteiger partial charge in [-0.15, -0.1) is 0 Å². The van der Waals surface area contributed by atoms with Crippen LogP contribution in [0.4, 0.5) is 0 Å². The van der Waals surface area contributed by atoms with Crippen LogP contribution in [-0.2, 0) is 13.0 Å². The Hall–Kier alpha value is -1.62. The molecule has 2 rings (SSSR count). The van der Waals surface area contributed by atoms with Gasteiger partial charge < -0.3 is 15.3 Å². The predicted molar refractivity (Wildman–Crippen MR) is 61.7 cm³/mol. The molecule has 3 N–H and O–H groups in total. The Bertz CT molecular complexity index is 417. The topological polar surface area (TPSA) is 72.5 Å². The van der Waals surface area contributed by atoms with Gasteiger partial charge >= 0.3 is 0 Å². The summed E-state index contributed by atoms with van der Waals surface area (Å²) >= 11 is 0. The minimum absolute atomic E-state index is 0.0686. The third kappa shape index (κ3) is 2.30. The van der Waals surface area contributed by atoms with Gasteiger partial charge in [0.25, 0.3) is 0 Å². The molecule has 0 saturated carbocycles. The molecule has 0 bridgehead atoms. The summed E-state index contributed by atoms with van der Waals surface area (Å²) in [6.45, 7) is 2.94. The lowest BCUT2D eigenvalue weighted by atomic mass is 10.2. The molecule has 0 aliphatic heterocycles. The van der Waals surface area contributed by atoms with Crippen molar-refractivity contribution in [2.45, 2.75) is 32.4 Å². The van der Waals surface area contributed by atoms with Crippen molar-refractivity contribution in [2.75, 3.05) is 0 Å². The number of nitrogens with zero attached hydrogens (tertiary/aromatic N) is 3. The summed E-state index contributed by atoms with van der Waals surface area (Å²) < 4.78 is 2.09. The SMILES string of the molecule is CC[C@@H](N)c1cncn1CCc1ncc[nH]1. The maximum Gasteiger partial charge on any atom is 0.107 e. The number of aryl methyl sites for hydroxylation is 2. The first-order chi connectivity index (χ1) is 7.81. The highest BCUT2D eigenvalue weighted by molar-refractivity contribution is 5.04. The summed E-state index contributed by atoms with van der Waals surface area (Å²) in [4.78, 5) is 11.4. The van der Waals surface area contributed by atoms with Gasteiger partial charge in [-0.2, -0.15) is 0 Å². The predicted octanol–water partition coefficient (Wildman–Crippen LogP) is 1.26. The van der Waals surface area contributed by atoms with Crippen LogP contribution in [-0.4, -0.2) is 19.5 Å². The summed E-state index contributed by atoms with van der Waals surface area (Å²) in [7, 11) is 0. The highest BCUT2D eigenvalue weighted by Crippen LogP contribution is 2.13. The zero-order valence-electron chi connectivity index (χ0n) is 9.43. The molecule has 5 heteroatoms. The number of H-pyrrole nitrogens is 1. The molecular weight excluding hydrogens is 202 g/mol. The Morgan fingerprint density at radius 3 is 3.12 bits per heavy atom. The zero-order chi connectivity index (χ0) is 11.4. The van der Waals surface area contributed by atoms with Crippen molar-refractivity contribution in [3.63, 3.8) is 0 Å². The molecule has 0 unspecified atom stereocenters. The summed E-state index contributed by atoms with van der Waals surface area (Å²) in [6.07, 6.45) is 9.06. The van der Waals surface area contributed by atoms with E-state index >= 15 is 0 Å². The molecule has 2 heterocycles. The first kappa shape index (κ1) is 10.9. The van der Waals surface area contributed by atoms with Crippen LogP contribution >= 0.6 is 0 Å². The third-order valence-electron chi connectivity index (χ3n) is 2.71. The second kappa shape index (κ2) is 4.94. The van der Waals surface area contributed by atoms with Gasteiger partial charge in [-0.3, -0.25) is 0 Å². The van der Waals surface area contributed by atoms with Gasteiger partial charge in [-0.1, -0.05) is 6.92 Å². The van der Waals surface area contributed by atoms with E-state index in [0.29, 0.717) is 0 Å². The van der Waals surface area contributed by atoms with Crippen molar-refractivity contribution in [1.82, 2.24) is 19.5 Å². The molecule has 0 amide bonds. The fourth-order valence-corrected chi connectivity index (χ4v) is 1.70. The zero-order valence-corrected chi connectivity index (χ0v) is 9.43. The molecule has 5 nitrogen and oxygen atoms in total. The van der Waals surface area contributed by atoms with E-state index in [1.165, 1.54) is 0 Å². The molecule has 0 aliphatic rings. The molecule has 2 aromatic heterocycles. The number of nitrogens with one attached hydrogen (secondary N) is 1. The van der Waals surface area contributed by atoms with Crippen molar-refractivity contribution in [2.24, 2.45) is 5.73 Å². The minimum Gasteiger partial charge on any atom is -0.349 e. The molecule has 0 aliphatic carbocycles. The Morgan fingerprint density at radius 2 is 2.44 bits per heavy atom. The Balaban J connectivity index is 2.01. The molecule has 16 heavy (non-hydrogen) atoms. The average Bonchev–Trinajstić information content (AvgIpc) is 2.96. The van der Waals surface area contributed by atoms with Crippen LogP contribution in [0.5, 0.6) is 0 Å². The maximum atomic E-state index is 6.00. The number of aromatic nitrogens is 4. The minimum atomic E-state index is 0.0686. The lowest BCUT2D eigenvalue weighted by molar-refractivity contribution is 0.583. The molecule has 86 valence electrons. The second-order valence-electron chi connectivity index (χ2n) is 3.81. The van der Waals surface area contributed by atoms with Crippen LogP contribution < -0.4 is 5.73 Å². The lowest BCUT2D eigenvalue weighted by Crippen LogP contribution is -2.15. The lowest BCUT2D eigenvalue weighted by Gasteiger charge is -2.12. The molecule has 2 aromatic rings. The van der Waals surface area contributed by atoms with Gasteiger partial charge in [-0.05, 0) is 6.42 Å². The summed E-state index contributed by atoms with van der Waals surface area (Å²) in [5.74, 6) is 0.990. The van der Waals surface area contributed by atoms with E-state index in [1.54, 1.807) is 6.20 Å². The molecule has 0 aromatic carbocycles. The number of imidazole rings is 2. The first-order valence-electron chi connectivity index (χ1n) is 5.55. The fourth-order valence-electron chi connectivity index (χ4n) is 1.70. The van der Waals surface area contributed by atoms with Gasteiger partial charge in [0, 0.05) is 37.6 Å². The number of rotatable bonds is 5. The van der Waals surface area contributed by atoms with E-state index < -0.39 is 0 Å². The third-order valence-corrected chi connectivity index (χ3v) is 2.71. The van der Waals surface area contributed by atoms with Crippen LogP contribution in [0, 0.1) is 0 Å². The van der Waals surface area contributed by atoms with E-state index in [9.17, 15) is 0 Å². The average molecular weight is 219 g/mol. The fraction of sp³-hybridized carbons (Fsp3) is 0.455. The van der Waals surface area contributed by atoms with Crippen LogP contribution in [0.3, 0.4) is 0 Å². The Morgan fingerprint density at radius 1 is 1.56 bits per heavy atom. The van der Waals surface area contributed by atoms with Crippen molar-refractivity contribution in [3.8, 4) is 0 Å². The number of nitrogens with two attached hydrogens (primary N) is 1. The van der Waals surface area contributed by atoms with Gasteiger partial charge in [0.05, 0.1) is 12.0 Å².